The molecule has 1 saturated heterocycles. The molecule has 0 N–H and O–H groups in total. The van der Waals surface area contributed by atoms with E-state index in [2.05, 4.69) is 9.80 Å². The topological polar surface area (TPSA) is 64.4 Å². The van der Waals surface area contributed by atoms with E-state index in [1.807, 2.05) is 32.0 Å². The summed E-state index contributed by atoms with van der Waals surface area (Å²) >= 11 is 0. The average molecular weight is 410 g/mol. The summed E-state index contributed by atoms with van der Waals surface area (Å²) in [5.74, 6) is 3.00. The number of nitrogens with zero attached hydrogens (tertiary/aromatic N) is 2. The number of hydrogen-bond donors (Lipinski definition) is 0. The molecular weight excluding hydrogens is 384 g/mol. The summed E-state index contributed by atoms with van der Waals surface area (Å²) in [6.45, 7) is 10.6. The maximum Gasteiger partial charge on any atom is 0.232 e. The number of ether oxygens (including phenoxy) is 3. The van der Waals surface area contributed by atoms with Crippen LogP contribution in [0.15, 0.2) is 28.4 Å². The Kier molecular flexibility index (Phi) is 5.10. The number of benzene rings is 1. The van der Waals surface area contributed by atoms with Crippen molar-refractivity contribution in [2.75, 3.05) is 46.1 Å². The molecule has 0 bridgehead atoms. The number of carbonyl (C=O) groups excluding carboxylic acids is 1. The summed E-state index contributed by atoms with van der Waals surface area (Å²) in [7, 11) is 0. The molecule has 158 valence electrons. The van der Waals surface area contributed by atoms with E-state index < -0.39 is 0 Å². The first-order chi connectivity index (χ1) is 14.6. The van der Waals surface area contributed by atoms with Crippen LogP contribution in [-0.2, 0) is 11.3 Å². The van der Waals surface area contributed by atoms with Crippen LogP contribution < -0.4 is 9.47 Å². The number of morpholine rings is 1. The normalized spacial score (nSPS) is 20.7. The molecular formula is C23H26N2O5. The molecule has 0 amide bonds. The Morgan fingerprint density at radius 1 is 1.07 bits per heavy atom. The van der Waals surface area contributed by atoms with Gasteiger partial charge in [0.2, 0.25) is 5.78 Å². The maximum atomic E-state index is 13.0. The molecule has 0 unspecified atom stereocenters. The fourth-order valence-corrected chi connectivity index (χ4v) is 4.21. The minimum absolute atomic E-state index is 0.115. The van der Waals surface area contributed by atoms with E-state index in [1.54, 1.807) is 6.08 Å². The van der Waals surface area contributed by atoms with Crippen LogP contribution in [0.5, 0.6) is 11.5 Å². The summed E-state index contributed by atoms with van der Waals surface area (Å²) in [6, 6.07) is 5.62. The first-order valence-electron chi connectivity index (χ1n) is 10.4. The van der Waals surface area contributed by atoms with E-state index >= 15 is 0 Å². The van der Waals surface area contributed by atoms with Crippen LogP contribution in [0.25, 0.3) is 6.08 Å². The van der Waals surface area contributed by atoms with Gasteiger partial charge in [-0.1, -0.05) is 0 Å². The largest absolute Gasteiger partial charge is 0.477 e. The zero-order valence-corrected chi connectivity index (χ0v) is 17.4. The zero-order chi connectivity index (χ0) is 20.7. The molecule has 3 aliphatic rings. The third-order valence-corrected chi connectivity index (χ3v) is 5.87. The van der Waals surface area contributed by atoms with Gasteiger partial charge in [-0.3, -0.25) is 14.6 Å². The number of aryl methyl sites for hydroxylation is 1. The Morgan fingerprint density at radius 2 is 1.87 bits per heavy atom. The molecule has 0 radical (unpaired) electrons. The van der Waals surface area contributed by atoms with Gasteiger partial charge < -0.3 is 18.6 Å². The molecule has 30 heavy (non-hydrogen) atoms. The molecule has 7 nitrogen and oxygen atoms in total. The van der Waals surface area contributed by atoms with Gasteiger partial charge in [-0.2, -0.15) is 0 Å². The van der Waals surface area contributed by atoms with Gasteiger partial charge in [-0.25, -0.2) is 0 Å². The molecule has 3 aliphatic heterocycles. The Bertz CT molecular complexity index is 1000. The molecule has 7 heteroatoms. The fourth-order valence-electron chi connectivity index (χ4n) is 4.21. The summed E-state index contributed by atoms with van der Waals surface area (Å²) in [5.41, 5.74) is 2.51. The minimum Gasteiger partial charge on any atom is -0.477 e. The van der Waals surface area contributed by atoms with Crippen LogP contribution >= 0.6 is 0 Å². The summed E-state index contributed by atoms with van der Waals surface area (Å²) < 4.78 is 23.0. The summed E-state index contributed by atoms with van der Waals surface area (Å²) in [6.07, 6.45) is 1.66. The third kappa shape index (κ3) is 3.64. The second-order valence-corrected chi connectivity index (χ2v) is 8.03. The second-order valence-electron chi connectivity index (χ2n) is 8.03. The highest BCUT2D eigenvalue weighted by Crippen LogP contribution is 2.43. The maximum absolute atomic E-state index is 13.0. The van der Waals surface area contributed by atoms with Gasteiger partial charge in [0.1, 0.15) is 29.8 Å². The van der Waals surface area contributed by atoms with E-state index in [4.69, 9.17) is 18.6 Å². The standard InChI is InChI=1S/C23H26N2O5/c1-15-3-4-18(29-15)12-20-21(26)19-11-17-13-25(6-5-24-7-9-27-10-8-24)14-28-22(17)16(2)23(19)30-20/h3-4,11-12H,5-10,13-14H2,1-2H3/b20-12-. The number of Topliss-reactive ketones (excluding diaryl/α,β-unsaturated/α-hetero) is 1. The van der Waals surface area contributed by atoms with Crippen LogP contribution in [-0.4, -0.2) is 61.7 Å². The number of allylic oxidation sites excluding steroid dienone is 1. The Balaban J connectivity index is 1.33. The highest BCUT2D eigenvalue weighted by molar-refractivity contribution is 6.15. The molecule has 1 fully saturated rings. The number of ketones is 1. The van der Waals surface area contributed by atoms with Gasteiger partial charge in [-0.15, -0.1) is 0 Å². The summed E-state index contributed by atoms with van der Waals surface area (Å²) in [4.78, 5) is 17.6. The van der Waals surface area contributed by atoms with Crippen LogP contribution in [0.1, 0.15) is 33.0 Å². The van der Waals surface area contributed by atoms with Gasteiger partial charge in [0, 0.05) is 49.9 Å². The first kappa shape index (κ1) is 19.4. The van der Waals surface area contributed by atoms with Gasteiger partial charge in [0.25, 0.3) is 0 Å². The first-order valence-corrected chi connectivity index (χ1v) is 10.4. The van der Waals surface area contributed by atoms with Crippen molar-refractivity contribution in [2.24, 2.45) is 0 Å². The van der Waals surface area contributed by atoms with Crippen LogP contribution in [0.3, 0.4) is 0 Å². The number of rotatable bonds is 4. The lowest BCUT2D eigenvalue weighted by molar-refractivity contribution is 0.0239. The fraction of sp³-hybridized carbons (Fsp3) is 0.435. The molecule has 0 atom stereocenters. The highest BCUT2D eigenvalue weighted by atomic mass is 16.5. The molecule has 5 rings (SSSR count). The van der Waals surface area contributed by atoms with Crippen molar-refractivity contribution in [3.63, 3.8) is 0 Å². The molecule has 1 aromatic heterocycles. The van der Waals surface area contributed by atoms with E-state index in [-0.39, 0.29) is 11.5 Å². The number of hydrogen-bond acceptors (Lipinski definition) is 7. The van der Waals surface area contributed by atoms with Crippen LogP contribution in [0, 0.1) is 13.8 Å². The third-order valence-electron chi connectivity index (χ3n) is 5.87. The van der Waals surface area contributed by atoms with E-state index in [0.29, 0.717) is 23.8 Å². The van der Waals surface area contributed by atoms with Gasteiger partial charge in [-0.05, 0) is 32.0 Å². The Labute approximate surface area is 175 Å². The van der Waals surface area contributed by atoms with Crippen molar-refractivity contribution >= 4 is 11.9 Å². The van der Waals surface area contributed by atoms with E-state index in [0.717, 1.165) is 68.6 Å². The lowest BCUT2D eigenvalue weighted by Gasteiger charge is -2.33. The summed E-state index contributed by atoms with van der Waals surface area (Å²) in [5, 5.41) is 0. The van der Waals surface area contributed by atoms with Crippen molar-refractivity contribution in [3.8, 4) is 11.5 Å². The monoisotopic (exact) mass is 410 g/mol. The number of carbonyl (C=O) groups is 1. The molecule has 0 spiro atoms. The SMILES string of the molecule is Cc1ccc(/C=C2\Oc3c(cc4c(c3C)OCN(CCN3CCOCC3)C4)C2=O)o1. The number of furan rings is 1. The zero-order valence-electron chi connectivity index (χ0n) is 17.4. The Hall–Kier alpha value is -2.61. The van der Waals surface area contributed by atoms with Crippen molar-refractivity contribution in [1.29, 1.82) is 0 Å². The van der Waals surface area contributed by atoms with Crippen LogP contribution in [0.2, 0.25) is 0 Å². The molecule has 1 aromatic carbocycles. The minimum atomic E-state index is -0.115. The van der Waals surface area contributed by atoms with E-state index in [1.165, 1.54) is 0 Å². The molecule has 2 aromatic rings. The van der Waals surface area contributed by atoms with E-state index in [9.17, 15) is 4.79 Å². The van der Waals surface area contributed by atoms with Gasteiger partial charge >= 0.3 is 0 Å². The second kappa shape index (κ2) is 7.91. The van der Waals surface area contributed by atoms with Crippen molar-refractivity contribution < 1.29 is 23.4 Å². The van der Waals surface area contributed by atoms with Gasteiger partial charge in [0.05, 0.1) is 18.8 Å². The van der Waals surface area contributed by atoms with Crippen molar-refractivity contribution in [2.45, 2.75) is 20.4 Å². The lowest BCUT2D eigenvalue weighted by atomic mass is 10.00. The quantitative estimate of drug-likeness (QED) is 0.718. The lowest BCUT2D eigenvalue weighted by Crippen LogP contribution is -2.43. The average Bonchev–Trinajstić information content (AvgIpc) is 3.31. The smallest absolute Gasteiger partial charge is 0.232 e. The molecule has 0 saturated carbocycles. The van der Waals surface area contributed by atoms with Crippen LogP contribution in [0.4, 0.5) is 0 Å². The Morgan fingerprint density at radius 3 is 2.63 bits per heavy atom. The van der Waals surface area contributed by atoms with Crippen molar-refractivity contribution in [3.05, 3.63) is 52.2 Å². The predicted molar refractivity (Wildman–Crippen MR) is 111 cm³/mol. The number of fused-ring (bicyclic) bond motifs is 2. The van der Waals surface area contributed by atoms with Crippen molar-refractivity contribution in [1.82, 2.24) is 9.80 Å². The molecule has 0 aliphatic carbocycles. The predicted octanol–water partition coefficient (Wildman–Crippen LogP) is 3.00. The highest BCUT2D eigenvalue weighted by Gasteiger charge is 2.33. The van der Waals surface area contributed by atoms with Gasteiger partial charge in [0.15, 0.2) is 5.76 Å². The molecule has 4 heterocycles.